The van der Waals surface area contributed by atoms with Crippen LogP contribution in [0.3, 0.4) is 0 Å². The first-order chi connectivity index (χ1) is 14.4. The molecule has 2 aliphatic rings. The molecule has 2 amide bonds. The van der Waals surface area contributed by atoms with Gasteiger partial charge >= 0.3 is 0 Å². The third-order valence-electron chi connectivity index (χ3n) is 5.80. The van der Waals surface area contributed by atoms with Gasteiger partial charge in [0.25, 0.3) is 11.8 Å². The van der Waals surface area contributed by atoms with Crippen molar-refractivity contribution in [2.24, 2.45) is 0 Å². The molecular formula is C22H23Cl2N3O3. The molecule has 0 aromatic heterocycles. The summed E-state index contributed by atoms with van der Waals surface area (Å²) >= 11 is 11.8. The van der Waals surface area contributed by atoms with Crippen LogP contribution in [0.2, 0.25) is 10.0 Å². The fourth-order valence-electron chi connectivity index (χ4n) is 4.10. The van der Waals surface area contributed by atoms with Crippen molar-refractivity contribution in [3.63, 3.8) is 0 Å². The number of nitrogens with zero attached hydrogens (tertiary/aromatic N) is 3. The molecule has 0 saturated carbocycles. The van der Waals surface area contributed by atoms with Crippen molar-refractivity contribution >= 4 is 35.0 Å². The van der Waals surface area contributed by atoms with Gasteiger partial charge in [0.1, 0.15) is 0 Å². The highest BCUT2D eigenvalue weighted by Crippen LogP contribution is 2.22. The second-order valence-electron chi connectivity index (χ2n) is 7.69. The van der Waals surface area contributed by atoms with Crippen LogP contribution in [0.4, 0.5) is 0 Å². The van der Waals surface area contributed by atoms with E-state index in [9.17, 15) is 14.7 Å². The summed E-state index contributed by atoms with van der Waals surface area (Å²) in [5, 5.41) is 11.8. The van der Waals surface area contributed by atoms with E-state index in [0.29, 0.717) is 60.4 Å². The highest BCUT2D eigenvalue weighted by molar-refractivity contribution is 6.31. The van der Waals surface area contributed by atoms with Gasteiger partial charge in [-0.25, -0.2) is 0 Å². The third kappa shape index (κ3) is 4.47. The second-order valence-corrected chi connectivity index (χ2v) is 8.56. The number of rotatable bonds is 3. The lowest BCUT2D eigenvalue weighted by atomic mass is 10.1. The Labute approximate surface area is 185 Å². The Bertz CT molecular complexity index is 912. The molecule has 1 N–H and O–H groups in total. The smallest absolute Gasteiger partial charge is 0.253 e. The van der Waals surface area contributed by atoms with Gasteiger partial charge in [-0.15, -0.1) is 0 Å². The summed E-state index contributed by atoms with van der Waals surface area (Å²) in [4.78, 5) is 31.1. The zero-order valence-electron chi connectivity index (χ0n) is 16.4. The van der Waals surface area contributed by atoms with E-state index in [-0.39, 0.29) is 17.9 Å². The van der Waals surface area contributed by atoms with Crippen molar-refractivity contribution in [2.75, 3.05) is 39.3 Å². The lowest BCUT2D eigenvalue weighted by Gasteiger charge is -2.38. The summed E-state index contributed by atoms with van der Waals surface area (Å²) in [5.41, 5.74) is 1.18. The fourth-order valence-corrected chi connectivity index (χ4v) is 4.35. The van der Waals surface area contributed by atoms with Crippen molar-refractivity contribution < 1.29 is 14.7 Å². The molecule has 0 aliphatic carbocycles. The van der Waals surface area contributed by atoms with E-state index in [4.69, 9.17) is 23.2 Å². The summed E-state index contributed by atoms with van der Waals surface area (Å²) in [5.74, 6) is -0.123. The molecule has 2 fully saturated rings. The quantitative estimate of drug-likeness (QED) is 0.785. The van der Waals surface area contributed by atoms with Crippen LogP contribution in [-0.4, -0.2) is 83.0 Å². The maximum absolute atomic E-state index is 12.7. The number of β-amino-alcohol motifs (C(OH)–C–C–N with tert-alkyl or cyclic N) is 1. The molecule has 30 heavy (non-hydrogen) atoms. The first kappa shape index (κ1) is 21.1. The van der Waals surface area contributed by atoms with Crippen molar-refractivity contribution in [1.82, 2.24) is 14.7 Å². The van der Waals surface area contributed by atoms with E-state index in [1.54, 1.807) is 53.4 Å². The predicted octanol–water partition coefficient (Wildman–Crippen LogP) is 2.64. The van der Waals surface area contributed by atoms with Crippen LogP contribution < -0.4 is 0 Å². The first-order valence-electron chi connectivity index (χ1n) is 9.94. The maximum atomic E-state index is 12.7. The van der Waals surface area contributed by atoms with Gasteiger partial charge in [-0.05, 0) is 48.5 Å². The Morgan fingerprint density at radius 3 is 1.70 bits per heavy atom. The number of carbonyl (C=O) groups excluding carboxylic acids is 2. The van der Waals surface area contributed by atoms with Crippen LogP contribution in [0.1, 0.15) is 20.7 Å². The molecule has 0 spiro atoms. The number of benzene rings is 2. The average molecular weight is 448 g/mol. The number of carbonyl (C=O) groups is 2. The zero-order valence-corrected chi connectivity index (χ0v) is 17.9. The summed E-state index contributed by atoms with van der Waals surface area (Å²) < 4.78 is 0. The van der Waals surface area contributed by atoms with Crippen molar-refractivity contribution in [2.45, 2.75) is 12.1 Å². The van der Waals surface area contributed by atoms with Crippen molar-refractivity contribution in [3.05, 3.63) is 69.7 Å². The van der Waals surface area contributed by atoms with Crippen LogP contribution in [0.25, 0.3) is 0 Å². The monoisotopic (exact) mass is 447 g/mol. The van der Waals surface area contributed by atoms with Gasteiger partial charge in [-0.3, -0.25) is 14.5 Å². The summed E-state index contributed by atoms with van der Waals surface area (Å²) in [6.07, 6.45) is -0.611. The predicted molar refractivity (Wildman–Crippen MR) is 116 cm³/mol. The molecule has 1 unspecified atom stereocenters. The molecule has 2 aromatic rings. The Hall–Kier alpha value is -2.12. The molecule has 158 valence electrons. The summed E-state index contributed by atoms with van der Waals surface area (Å²) in [7, 11) is 0. The van der Waals surface area contributed by atoms with Gasteiger partial charge in [0.15, 0.2) is 0 Å². The number of hydrogen-bond donors (Lipinski definition) is 1. The molecule has 4 rings (SSSR count). The first-order valence-corrected chi connectivity index (χ1v) is 10.7. The van der Waals surface area contributed by atoms with Gasteiger partial charge < -0.3 is 14.9 Å². The highest BCUT2D eigenvalue weighted by atomic mass is 35.5. The molecule has 2 aliphatic heterocycles. The number of piperazine rings is 1. The largest absolute Gasteiger partial charge is 0.390 e. The minimum atomic E-state index is -0.611. The van der Waals surface area contributed by atoms with Crippen LogP contribution in [0.5, 0.6) is 0 Å². The fraction of sp³-hybridized carbons (Fsp3) is 0.364. The SMILES string of the molecule is O=C(c1ccc(Cl)cc1)N1CCN(C2CN(C(=O)c3ccc(Cl)cc3)C[C@H]2O)CC1. The lowest BCUT2D eigenvalue weighted by Crippen LogP contribution is -2.54. The van der Waals surface area contributed by atoms with E-state index in [0.717, 1.165) is 0 Å². The Morgan fingerprint density at radius 2 is 1.20 bits per heavy atom. The van der Waals surface area contributed by atoms with Crippen LogP contribution >= 0.6 is 23.2 Å². The van der Waals surface area contributed by atoms with Crippen molar-refractivity contribution in [3.8, 4) is 0 Å². The molecule has 2 heterocycles. The van der Waals surface area contributed by atoms with Gasteiger partial charge in [0, 0.05) is 60.4 Å². The van der Waals surface area contributed by atoms with Gasteiger partial charge in [-0.1, -0.05) is 23.2 Å². The highest BCUT2D eigenvalue weighted by Gasteiger charge is 2.39. The molecule has 6 nitrogen and oxygen atoms in total. The Kier molecular flexibility index (Phi) is 6.29. The van der Waals surface area contributed by atoms with Crippen LogP contribution in [0.15, 0.2) is 48.5 Å². The second kappa shape index (κ2) is 8.94. The lowest BCUT2D eigenvalue weighted by molar-refractivity contribution is 0.0376. The molecule has 2 aromatic carbocycles. The van der Waals surface area contributed by atoms with Gasteiger partial charge in [0.05, 0.1) is 12.1 Å². The average Bonchev–Trinajstić information content (AvgIpc) is 3.15. The minimum absolute atomic E-state index is 0.0159. The number of halogens is 2. The Balaban J connectivity index is 1.34. The van der Waals surface area contributed by atoms with E-state index in [1.165, 1.54) is 0 Å². The molecule has 0 bridgehead atoms. The molecular weight excluding hydrogens is 425 g/mol. The summed E-state index contributed by atoms with van der Waals surface area (Å²) in [6.45, 7) is 3.24. The topological polar surface area (TPSA) is 64.1 Å². The van der Waals surface area contributed by atoms with Crippen molar-refractivity contribution in [1.29, 1.82) is 0 Å². The number of aliphatic hydroxyl groups excluding tert-OH is 1. The van der Waals surface area contributed by atoms with E-state index in [1.807, 2.05) is 4.90 Å². The number of amides is 2. The molecule has 0 radical (unpaired) electrons. The number of likely N-dealkylation sites (tertiary alicyclic amines) is 1. The maximum Gasteiger partial charge on any atom is 0.253 e. The van der Waals surface area contributed by atoms with Crippen LogP contribution in [0, 0.1) is 0 Å². The van der Waals surface area contributed by atoms with Crippen LogP contribution in [-0.2, 0) is 0 Å². The minimum Gasteiger partial charge on any atom is -0.390 e. The van der Waals surface area contributed by atoms with Gasteiger partial charge in [-0.2, -0.15) is 0 Å². The van der Waals surface area contributed by atoms with E-state index < -0.39 is 6.10 Å². The standard InChI is InChI=1S/C22H23Cl2N3O3/c23-17-5-1-15(2-6-17)21(29)26-11-9-25(10-12-26)19-13-27(14-20(19)28)22(30)16-3-7-18(24)8-4-16/h1-8,19-20,28H,9-14H2/t19?,20-/m1/s1. The zero-order chi connectivity index (χ0) is 21.3. The number of aliphatic hydroxyl groups is 1. The van der Waals surface area contributed by atoms with Gasteiger partial charge in [0.2, 0.25) is 0 Å². The molecule has 8 heteroatoms. The summed E-state index contributed by atoms with van der Waals surface area (Å²) in [6, 6.07) is 13.5. The Morgan fingerprint density at radius 1 is 0.733 bits per heavy atom. The van der Waals surface area contributed by atoms with E-state index >= 15 is 0 Å². The van der Waals surface area contributed by atoms with E-state index in [2.05, 4.69) is 4.90 Å². The molecule has 2 saturated heterocycles. The normalized spacial score (nSPS) is 22.4. The molecule has 2 atom stereocenters. The third-order valence-corrected chi connectivity index (χ3v) is 6.30. The number of hydrogen-bond acceptors (Lipinski definition) is 4.